The number of pyridine rings is 1. The molecule has 0 spiro atoms. The van der Waals surface area contributed by atoms with Crippen molar-refractivity contribution in [1.82, 2.24) is 14.5 Å². The van der Waals surface area contributed by atoms with E-state index in [4.69, 9.17) is 10.7 Å². The molecule has 0 aliphatic carbocycles. The van der Waals surface area contributed by atoms with Crippen molar-refractivity contribution in [3.63, 3.8) is 0 Å². The van der Waals surface area contributed by atoms with Gasteiger partial charge in [-0.2, -0.15) is 0 Å². The summed E-state index contributed by atoms with van der Waals surface area (Å²) in [6.45, 7) is 8.31. The number of aromatic nitrogens is 3. The van der Waals surface area contributed by atoms with Gasteiger partial charge < -0.3 is 10.3 Å². The van der Waals surface area contributed by atoms with Gasteiger partial charge in [-0.3, -0.25) is 4.98 Å². The highest BCUT2D eigenvalue weighted by atomic mass is 15.1. The molecule has 1 unspecified atom stereocenters. The van der Waals surface area contributed by atoms with Crippen LogP contribution in [0, 0.1) is 11.8 Å². The van der Waals surface area contributed by atoms with E-state index in [-0.39, 0.29) is 0 Å². The summed E-state index contributed by atoms with van der Waals surface area (Å²) in [5, 5.41) is 0. The molecule has 0 radical (unpaired) electrons. The quantitative estimate of drug-likeness (QED) is 0.868. The van der Waals surface area contributed by atoms with Crippen molar-refractivity contribution in [3.05, 3.63) is 24.3 Å². The maximum absolute atomic E-state index is 5.91. The van der Waals surface area contributed by atoms with Crippen molar-refractivity contribution in [2.24, 2.45) is 17.6 Å². The summed E-state index contributed by atoms with van der Waals surface area (Å²) in [4.78, 5) is 8.87. The summed E-state index contributed by atoms with van der Waals surface area (Å²) < 4.78 is 2.28. The lowest BCUT2D eigenvalue weighted by atomic mass is 9.94. The molecule has 2 rings (SSSR count). The van der Waals surface area contributed by atoms with Gasteiger partial charge in [0.15, 0.2) is 0 Å². The molecule has 0 saturated heterocycles. The minimum atomic E-state index is 0.509. The Kier molecular flexibility index (Phi) is 4.53. The Labute approximate surface area is 115 Å². The predicted molar refractivity (Wildman–Crippen MR) is 78.9 cm³/mol. The smallest absolute Gasteiger partial charge is 0.110 e. The molecular formula is C15H24N4. The molecular weight excluding hydrogens is 236 g/mol. The van der Waals surface area contributed by atoms with Crippen LogP contribution in [0.25, 0.3) is 11.0 Å². The highest BCUT2D eigenvalue weighted by molar-refractivity contribution is 5.74. The zero-order valence-corrected chi connectivity index (χ0v) is 12.1. The molecule has 0 amide bonds. The van der Waals surface area contributed by atoms with Crippen LogP contribution in [0.2, 0.25) is 0 Å². The Bertz CT molecular complexity index is 530. The van der Waals surface area contributed by atoms with E-state index in [9.17, 15) is 0 Å². The average molecular weight is 260 g/mol. The van der Waals surface area contributed by atoms with Crippen LogP contribution in [0.1, 0.15) is 33.0 Å². The second-order valence-electron chi connectivity index (χ2n) is 5.57. The number of imidazole rings is 1. The molecule has 0 aliphatic heterocycles. The molecule has 0 bridgehead atoms. The third-order valence-electron chi connectivity index (χ3n) is 3.56. The van der Waals surface area contributed by atoms with Gasteiger partial charge in [-0.1, -0.05) is 13.8 Å². The highest BCUT2D eigenvalue weighted by Crippen LogP contribution is 2.20. The Balaban J connectivity index is 2.28. The lowest BCUT2D eigenvalue weighted by molar-refractivity contribution is 0.404. The van der Waals surface area contributed by atoms with E-state index in [0.717, 1.165) is 37.3 Å². The fourth-order valence-corrected chi connectivity index (χ4v) is 2.73. The van der Waals surface area contributed by atoms with Crippen LogP contribution >= 0.6 is 0 Å². The van der Waals surface area contributed by atoms with E-state index in [1.807, 2.05) is 18.5 Å². The van der Waals surface area contributed by atoms with E-state index in [1.54, 1.807) is 0 Å². The maximum atomic E-state index is 5.91. The maximum Gasteiger partial charge on any atom is 0.110 e. The first-order valence-electron chi connectivity index (χ1n) is 7.14. The van der Waals surface area contributed by atoms with Crippen LogP contribution in [-0.2, 0) is 13.0 Å². The van der Waals surface area contributed by atoms with E-state index in [1.165, 1.54) is 5.52 Å². The van der Waals surface area contributed by atoms with Crippen molar-refractivity contribution in [3.8, 4) is 0 Å². The third-order valence-corrected chi connectivity index (χ3v) is 3.56. The van der Waals surface area contributed by atoms with Crippen molar-refractivity contribution >= 4 is 11.0 Å². The molecule has 2 aromatic rings. The molecule has 1 atom stereocenters. The topological polar surface area (TPSA) is 56.7 Å². The van der Waals surface area contributed by atoms with Crippen LogP contribution in [0.15, 0.2) is 18.5 Å². The largest absolute Gasteiger partial charge is 0.330 e. The second-order valence-corrected chi connectivity index (χ2v) is 5.57. The number of nitrogens with two attached hydrogens (primary N) is 1. The van der Waals surface area contributed by atoms with Gasteiger partial charge in [-0.25, -0.2) is 4.98 Å². The molecule has 104 valence electrons. The molecule has 0 fully saturated rings. The van der Waals surface area contributed by atoms with E-state index in [0.29, 0.717) is 11.8 Å². The predicted octanol–water partition coefficient (Wildman–Crippen LogP) is 2.61. The fraction of sp³-hybridized carbons (Fsp3) is 0.600. The summed E-state index contributed by atoms with van der Waals surface area (Å²) in [7, 11) is 0. The molecule has 0 aliphatic rings. The van der Waals surface area contributed by atoms with Crippen molar-refractivity contribution in [2.75, 3.05) is 6.54 Å². The van der Waals surface area contributed by atoms with Gasteiger partial charge in [0.25, 0.3) is 0 Å². The highest BCUT2D eigenvalue weighted by Gasteiger charge is 2.15. The summed E-state index contributed by atoms with van der Waals surface area (Å²) in [6.07, 6.45) is 5.78. The zero-order chi connectivity index (χ0) is 13.8. The summed E-state index contributed by atoms with van der Waals surface area (Å²) in [5.74, 6) is 2.33. The van der Waals surface area contributed by atoms with Crippen molar-refractivity contribution in [1.29, 1.82) is 0 Å². The van der Waals surface area contributed by atoms with Gasteiger partial charge in [0.2, 0.25) is 0 Å². The standard InChI is InChI=1S/C15H24N4/c1-4-19-14-5-6-17-10-13(14)18-15(19)8-12(9-16)7-11(2)3/h5-6,10-12H,4,7-9,16H2,1-3H3. The Morgan fingerprint density at radius 3 is 2.79 bits per heavy atom. The third kappa shape index (κ3) is 3.13. The van der Waals surface area contributed by atoms with E-state index >= 15 is 0 Å². The van der Waals surface area contributed by atoms with Gasteiger partial charge in [-0.05, 0) is 37.8 Å². The van der Waals surface area contributed by atoms with Crippen molar-refractivity contribution < 1.29 is 0 Å². The molecule has 2 N–H and O–H groups in total. The first kappa shape index (κ1) is 14.0. The normalized spacial score (nSPS) is 13.3. The first-order chi connectivity index (χ1) is 9.15. The monoisotopic (exact) mass is 260 g/mol. The van der Waals surface area contributed by atoms with E-state index < -0.39 is 0 Å². The molecule has 0 aromatic carbocycles. The molecule has 2 heterocycles. The lowest BCUT2D eigenvalue weighted by Crippen LogP contribution is -2.20. The molecule has 4 heteroatoms. The molecule has 4 nitrogen and oxygen atoms in total. The minimum absolute atomic E-state index is 0.509. The van der Waals surface area contributed by atoms with Crippen LogP contribution in [-0.4, -0.2) is 21.1 Å². The number of rotatable bonds is 6. The number of hydrogen-bond acceptors (Lipinski definition) is 3. The summed E-state index contributed by atoms with van der Waals surface area (Å²) >= 11 is 0. The Morgan fingerprint density at radius 2 is 2.16 bits per heavy atom. The first-order valence-corrected chi connectivity index (χ1v) is 7.14. The fourth-order valence-electron chi connectivity index (χ4n) is 2.73. The van der Waals surface area contributed by atoms with Gasteiger partial charge in [0.05, 0.1) is 11.7 Å². The molecule has 0 saturated carbocycles. The van der Waals surface area contributed by atoms with Gasteiger partial charge in [-0.15, -0.1) is 0 Å². The number of fused-ring (bicyclic) bond motifs is 1. The number of nitrogens with zero attached hydrogens (tertiary/aromatic N) is 3. The van der Waals surface area contributed by atoms with Gasteiger partial charge in [0.1, 0.15) is 11.3 Å². The van der Waals surface area contributed by atoms with Gasteiger partial charge >= 0.3 is 0 Å². The SMILES string of the molecule is CCn1c(CC(CN)CC(C)C)nc2cnccc21. The summed E-state index contributed by atoms with van der Waals surface area (Å²) in [6, 6.07) is 2.04. The average Bonchev–Trinajstić information content (AvgIpc) is 2.74. The number of aryl methyl sites for hydroxylation is 1. The molecule has 2 aromatic heterocycles. The Morgan fingerprint density at radius 1 is 1.37 bits per heavy atom. The van der Waals surface area contributed by atoms with E-state index in [2.05, 4.69) is 30.3 Å². The van der Waals surface area contributed by atoms with Crippen LogP contribution in [0.3, 0.4) is 0 Å². The molecule has 19 heavy (non-hydrogen) atoms. The minimum Gasteiger partial charge on any atom is -0.330 e. The summed E-state index contributed by atoms with van der Waals surface area (Å²) in [5.41, 5.74) is 8.06. The zero-order valence-electron chi connectivity index (χ0n) is 12.1. The second kappa shape index (κ2) is 6.15. The van der Waals surface area contributed by atoms with Gasteiger partial charge in [0, 0.05) is 19.2 Å². The van der Waals surface area contributed by atoms with Crippen LogP contribution in [0.5, 0.6) is 0 Å². The van der Waals surface area contributed by atoms with Crippen LogP contribution in [0.4, 0.5) is 0 Å². The van der Waals surface area contributed by atoms with Crippen LogP contribution < -0.4 is 5.73 Å². The lowest BCUT2D eigenvalue weighted by Gasteiger charge is -2.17. The van der Waals surface area contributed by atoms with Crippen molar-refractivity contribution in [2.45, 2.75) is 40.2 Å². The Hall–Kier alpha value is -1.42. The number of hydrogen-bond donors (Lipinski definition) is 1.